The number of hydrogen-bond donors (Lipinski definition) is 1. The lowest BCUT2D eigenvalue weighted by molar-refractivity contribution is 0.0955. The molecule has 1 heterocycles. The van der Waals surface area contributed by atoms with Crippen LogP contribution < -0.4 is 10.3 Å². The number of nitrogens with one attached hydrogen (secondary N) is 1. The summed E-state index contributed by atoms with van der Waals surface area (Å²) in [5, 5.41) is 4.82. The number of benzene rings is 2. The van der Waals surface area contributed by atoms with E-state index >= 15 is 0 Å². The number of rotatable bonds is 3. The standard InChI is InChI=1S/C21H23Cl2N3O/c1-13-11-21(2,3)26(4)19-8-5-14(9-16(13)19)12-24-25-20(27)15-6-7-17(22)18(23)10-15/h5-10,12-13H,11H2,1-4H3,(H,25,27)/b24-12-/t13-/m0/s1. The molecule has 0 spiro atoms. The molecule has 1 aliphatic rings. The largest absolute Gasteiger partial charge is 0.369 e. The number of anilines is 1. The molecule has 27 heavy (non-hydrogen) atoms. The van der Waals surface area contributed by atoms with Gasteiger partial charge in [-0.1, -0.05) is 36.2 Å². The third kappa shape index (κ3) is 4.12. The number of hydrogen-bond acceptors (Lipinski definition) is 3. The molecule has 6 heteroatoms. The van der Waals surface area contributed by atoms with Crippen molar-refractivity contribution < 1.29 is 4.79 Å². The van der Waals surface area contributed by atoms with Gasteiger partial charge < -0.3 is 4.90 Å². The molecule has 0 aliphatic carbocycles. The fraction of sp³-hybridized carbons (Fsp3) is 0.333. The van der Waals surface area contributed by atoms with Crippen molar-refractivity contribution in [1.82, 2.24) is 5.43 Å². The predicted octanol–water partition coefficient (Wildman–Crippen LogP) is 5.48. The number of halogens is 2. The van der Waals surface area contributed by atoms with Crippen LogP contribution in [0, 0.1) is 0 Å². The van der Waals surface area contributed by atoms with Crippen molar-refractivity contribution in [3.8, 4) is 0 Å². The minimum absolute atomic E-state index is 0.135. The van der Waals surface area contributed by atoms with Gasteiger partial charge in [0.15, 0.2) is 0 Å². The highest BCUT2D eigenvalue weighted by Gasteiger charge is 2.33. The van der Waals surface area contributed by atoms with Crippen LogP contribution in [0.1, 0.15) is 54.6 Å². The molecule has 0 aromatic heterocycles. The van der Waals surface area contributed by atoms with Crippen LogP contribution in [0.5, 0.6) is 0 Å². The molecular formula is C21H23Cl2N3O. The SMILES string of the molecule is C[C@H]1CC(C)(C)N(C)c2ccc(/C=N\NC(=O)c3ccc(Cl)c(Cl)c3)cc21. The summed E-state index contributed by atoms with van der Waals surface area (Å²) in [6.07, 6.45) is 2.74. The predicted molar refractivity (Wildman–Crippen MR) is 113 cm³/mol. The van der Waals surface area contributed by atoms with E-state index < -0.39 is 0 Å². The maximum absolute atomic E-state index is 12.2. The van der Waals surface area contributed by atoms with E-state index in [0.29, 0.717) is 21.5 Å². The van der Waals surface area contributed by atoms with Crippen LogP contribution in [0.2, 0.25) is 10.0 Å². The van der Waals surface area contributed by atoms with Gasteiger partial charge in [-0.3, -0.25) is 4.79 Å². The van der Waals surface area contributed by atoms with E-state index in [1.165, 1.54) is 17.3 Å². The monoisotopic (exact) mass is 403 g/mol. The first-order valence-electron chi connectivity index (χ1n) is 8.85. The summed E-state index contributed by atoms with van der Waals surface area (Å²) >= 11 is 11.8. The van der Waals surface area contributed by atoms with Gasteiger partial charge in [0.2, 0.25) is 0 Å². The minimum Gasteiger partial charge on any atom is -0.369 e. The lowest BCUT2D eigenvalue weighted by atomic mass is 9.80. The van der Waals surface area contributed by atoms with E-state index in [2.05, 4.69) is 55.4 Å². The molecule has 3 rings (SSSR count). The second-order valence-electron chi connectivity index (χ2n) is 7.62. The smallest absolute Gasteiger partial charge is 0.271 e. The fourth-order valence-electron chi connectivity index (χ4n) is 3.54. The molecule has 1 N–H and O–H groups in total. The molecule has 0 saturated carbocycles. The number of nitrogens with zero attached hydrogens (tertiary/aromatic N) is 2. The number of fused-ring (bicyclic) bond motifs is 1. The Bertz CT molecular complexity index is 908. The van der Waals surface area contributed by atoms with E-state index in [1.54, 1.807) is 18.3 Å². The number of carbonyl (C=O) groups excluding carboxylic acids is 1. The van der Waals surface area contributed by atoms with Crippen molar-refractivity contribution in [2.45, 2.75) is 38.6 Å². The topological polar surface area (TPSA) is 44.7 Å². The molecule has 0 bridgehead atoms. The van der Waals surface area contributed by atoms with Crippen LogP contribution in [-0.2, 0) is 0 Å². The first-order valence-corrected chi connectivity index (χ1v) is 9.61. The highest BCUT2D eigenvalue weighted by Crippen LogP contribution is 2.42. The van der Waals surface area contributed by atoms with E-state index in [4.69, 9.17) is 23.2 Å². The highest BCUT2D eigenvalue weighted by atomic mass is 35.5. The molecule has 1 amide bonds. The molecule has 142 valence electrons. The van der Waals surface area contributed by atoms with Crippen molar-refractivity contribution in [2.75, 3.05) is 11.9 Å². The van der Waals surface area contributed by atoms with Crippen LogP contribution in [0.25, 0.3) is 0 Å². The highest BCUT2D eigenvalue weighted by molar-refractivity contribution is 6.42. The van der Waals surface area contributed by atoms with Crippen molar-refractivity contribution in [1.29, 1.82) is 0 Å². The van der Waals surface area contributed by atoms with E-state index in [0.717, 1.165) is 12.0 Å². The Morgan fingerprint density at radius 2 is 1.96 bits per heavy atom. The average Bonchev–Trinajstić information content (AvgIpc) is 2.61. The number of carbonyl (C=O) groups is 1. The van der Waals surface area contributed by atoms with E-state index in [9.17, 15) is 4.79 Å². The van der Waals surface area contributed by atoms with Gasteiger partial charge in [-0.2, -0.15) is 5.10 Å². The van der Waals surface area contributed by atoms with E-state index in [1.807, 2.05) is 6.07 Å². The Balaban J connectivity index is 1.74. The van der Waals surface area contributed by atoms with Crippen LogP contribution >= 0.6 is 23.2 Å². The molecular weight excluding hydrogens is 381 g/mol. The van der Waals surface area contributed by atoms with Crippen molar-refractivity contribution in [3.63, 3.8) is 0 Å². The van der Waals surface area contributed by atoms with E-state index in [-0.39, 0.29) is 11.4 Å². The molecule has 0 fully saturated rings. The Labute approximate surface area is 170 Å². The summed E-state index contributed by atoms with van der Waals surface area (Å²) in [6, 6.07) is 11.0. The zero-order valence-electron chi connectivity index (χ0n) is 15.9. The zero-order valence-corrected chi connectivity index (χ0v) is 17.4. The Morgan fingerprint density at radius 3 is 2.67 bits per heavy atom. The molecule has 0 unspecified atom stereocenters. The normalized spacial score (nSPS) is 18.4. The maximum Gasteiger partial charge on any atom is 0.271 e. The summed E-state index contributed by atoms with van der Waals surface area (Å²) < 4.78 is 0. The molecule has 0 radical (unpaired) electrons. The second-order valence-corrected chi connectivity index (χ2v) is 8.44. The molecule has 2 aromatic carbocycles. The Morgan fingerprint density at radius 1 is 1.22 bits per heavy atom. The van der Waals surface area contributed by atoms with Gasteiger partial charge in [-0.25, -0.2) is 5.43 Å². The van der Waals surface area contributed by atoms with Gasteiger partial charge in [-0.05, 0) is 67.6 Å². The van der Waals surface area contributed by atoms with Crippen molar-refractivity contribution in [3.05, 3.63) is 63.1 Å². The summed E-state index contributed by atoms with van der Waals surface area (Å²) in [6.45, 7) is 6.78. The Kier molecular flexibility index (Phi) is 5.50. The summed E-state index contributed by atoms with van der Waals surface area (Å²) in [4.78, 5) is 14.5. The average molecular weight is 404 g/mol. The lowest BCUT2D eigenvalue weighted by Crippen LogP contribution is -2.45. The van der Waals surface area contributed by atoms with Crippen LogP contribution in [0.3, 0.4) is 0 Å². The fourth-order valence-corrected chi connectivity index (χ4v) is 3.84. The minimum atomic E-state index is -0.336. The lowest BCUT2D eigenvalue weighted by Gasteiger charge is -2.45. The maximum atomic E-state index is 12.2. The van der Waals surface area contributed by atoms with Crippen LogP contribution in [-0.4, -0.2) is 24.7 Å². The summed E-state index contributed by atoms with van der Waals surface area (Å²) in [7, 11) is 2.13. The Hall–Kier alpha value is -2.04. The first kappa shape index (κ1) is 19.7. The molecule has 1 aliphatic heterocycles. The quantitative estimate of drug-likeness (QED) is 0.544. The molecule has 4 nitrogen and oxygen atoms in total. The van der Waals surface area contributed by atoms with Crippen LogP contribution in [0.15, 0.2) is 41.5 Å². The summed E-state index contributed by atoms with van der Waals surface area (Å²) in [5.41, 5.74) is 6.56. The summed E-state index contributed by atoms with van der Waals surface area (Å²) in [5.74, 6) is 0.128. The van der Waals surface area contributed by atoms with Gasteiger partial charge in [0.1, 0.15) is 0 Å². The van der Waals surface area contributed by atoms with Gasteiger partial charge in [-0.15, -0.1) is 0 Å². The molecule has 0 saturated heterocycles. The van der Waals surface area contributed by atoms with Crippen LogP contribution in [0.4, 0.5) is 5.69 Å². The van der Waals surface area contributed by atoms with Crippen molar-refractivity contribution in [2.24, 2.45) is 5.10 Å². The third-order valence-corrected chi connectivity index (χ3v) is 5.96. The third-order valence-electron chi connectivity index (χ3n) is 5.22. The molecule has 1 atom stereocenters. The van der Waals surface area contributed by atoms with Crippen molar-refractivity contribution >= 4 is 41.0 Å². The number of hydrazone groups is 1. The van der Waals surface area contributed by atoms with Gasteiger partial charge in [0.05, 0.1) is 16.3 Å². The zero-order chi connectivity index (χ0) is 19.8. The van der Waals surface area contributed by atoms with Gasteiger partial charge >= 0.3 is 0 Å². The number of amides is 1. The van der Waals surface area contributed by atoms with Gasteiger partial charge in [0, 0.05) is 23.8 Å². The van der Waals surface area contributed by atoms with Gasteiger partial charge in [0.25, 0.3) is 5.91 Å². The molecule has 2 aromatic rings. The first-order chi connectivity index (χ1) is 12.7. The second kappa shape index (κ2) is 7.53.